The number of piperidine rings is 1. The van der Waals surface area contributed by atoms with Gasteiger partial charge in [-0.3, -0.25) is 0 Å². The van der Waals surface area contributed by atoms with E-state index >= 15 is 0 Å². The molecule has 2 aromatic carbocycles. The SMILES string of the molecule is O=C(O)c1ccc(CC2CCN(C(=O)Nc3ccc(Cl)c(C(F)(F)F)c3)CC2)cc1. The molecule has 1 aliphatic rings. The normalized spacial score (nSPS) is 15.1. The van der Waals surface area contributed by atoms with Gasteiger partial charge in [0.15, 0.2) is 0 Å². The third-order valence-electron chi connectivity index (χ3n) is 5.15. The first-order valence-electron chi connectivity index (χ1n) is 9.38. The van der Waals surface area contributed by atoms with E-state index in [9.17, 15) is 22.8 Å². The van der Waals surface area contributed by atoms with Crippen LogP contribution in [-0.4, -0.2) is 35.1 Å². The molecular formula is C21H20ClF3N2O3. The lowest BCUT2D eigenvalue weighted by atomic mass is 9.90. The largest absolute Gasteiger partial charge is 0.478 e. The van der Waals surface area contributed by atoms with Crippen LogP contribution < -0.4 is 5.32 Å². The molecule has 0 saturated carbocycles. The zero-order chi connectivity index (χ0) is 21.9. The van der Waals surface area contributed by atoms with Gasteiger partial charge in [-0.05, 0) is 61.1 Å². The number of benzene rings is 2. The number of anilines is 1. The number of carboxylic acid groups (broad SMARTS) is 1. The van der Waals surface area contributed by atoms with Gasteiger partial charge in [0, 0.05) is 18.8 Å². The number of nitrogens with one attached hydrogen (secondary N) is 1. The van der Waals surface area contributed by atoms with Gasteiger partial charge in [-0.1, -0.05) is 23.7 Å². The average molecular weight is 441 g/mol. The molecule has 2 aromatic rings. The molecule has 1 saturated heterocycles. The van der Waals surface area contributed by atoms with E-state index in [4.69, 9.17) is 16.7 Å². The van der Waals surface area contributed by atoms with Crippen LogP contribution >= 0.6 is 11.6 Å². The second kappa shape index (κ2) is 8.95. The lowest BCUT2D eigenvalue weighted by Crippen LogP contribution is -2.41. The van der Waals surface area contributed by atoms with Gasteiger partial charge < -0.3 is 15.3 Å². The van der Waals surface area contributed by atoms with Crippen molar-refractivity contribution in [2.24, 2.45) is 5.92 Å². The van der Waals surface area contributed by atoms with Gasteiger partial charge in [0.2, 0.25) is 0 Å². The van der Waals surface area contributed by atoms with Gasteiger partial charge in [0.1, 0.15) is 0 Å². The molecule has 2 amide bonds. The fourth-order valence-electron chi connectivity index (χ4n) is 3.48. The van der Waals surface area contributed by atoms with E-state index in [0.29, 0.717) is 19.0 Å². The van der Waals surface area contributed by atoms with E-state index in [1.807, 2.05) is 0 Å². The number of aromatic carboxylic acids is 1. The second-order valence-corrected chi connectivity index (χ2v) is 7.67. The van der Waals surface area contributed by atoms with Gasteiger partial charge in [-0.25, -0.2) is 9.59 Å². The zero-order valence-corrected chi connectivity index (χ0v) is 16.6. The summed E-state index contributed by atoms with van der Waals surface area (Å²) in [5.74, 6) is -0.624. The van der Waals surface area contributed by atoms with Crippen molar-refractivity contribution in [1.29, 1.82) is 0 Å². The molecular weight excluding hydrogens is 421 g/mol. The van der Waals surface area contributed by atoms with Crippen LogP contribution in [-0.2, 0) is 12.6 Å². The maximum absolute atomic E-state index is 13.0. The van der Waals surface area contributed by atoms with E-state index in [1.165, 1.54) is 6.07 Å². The minimum Gasteiger partial charge on any atom is -0.478 e. The molecule has 2 N–H and O–H groups in total. The van der Waals surface area contributed by atoms with E-state index < -0.39 is 28.8 Å². The number of carboxylic acids is 1. The Bertz CT molecular complexity index is 924. The maximum Gasteiger partial charge on any atom is 0.417 e. The highest BCUT2D eigenvalue weighted by molar-refractivity contribution is 6.31. The van der Waals surface area contributed by atoms with Crippen LogP contribution in [0.1, 0.15) is 34.3 Å². The molecule has 1 fully saturated rings. The number of urea groups is 1. The van der Waals surface area contributed by atoms with Crippen LogP contribution in [0.15, 0.2) is 42.5 Å². The Morgan fingerprint density at radius 2 is 1.73 bits per heavy atom. The Kier molecular flexibility index (Phi) is 6.55. The van der Waals surface area contributed by atoms with Crippen molar-refractivity contribution >= 4 is 29.3 Å². The van der Waals surface area contributed by atoms with Gasteiger partial charge in [0.05, 0.1) is 16.1 Å². The fraction of sp³-hybridized carbons (Fsp3) is 0.333. The van der Waals surface area contributed by atoms with Gasteiger partial charge >= 0.3 is 18.2 Å². The number of rotatable bonds is 4. The van der Waals surface area contributed by atoms with E-state index in [2.05, 4.69) is 5.32 Å². The Morgan fingerprint density at radius 1 is 1.10 bits per heavy atom. The molecule has 160 valence electrons. The number of alkyl halides is 3. The van der Waals surface area contributed by atoms with Crippen molar-refractivity contribution in [3.05, 3.63) is 64.2 Å². The third-order valence-corrected chi connectivity index (χ3v) is 5.48. The van der Waals surface area contributed by atoms with Crippen LogP contribution in [0.25, 0.3) is 0 Å². The van der Waals surface area contributed by atoms with Crippen molar-refractivity contribution in [1.82, 2.24) is 4.90 Å². The predicted octanol–water partition coefficient (Wildman–Crippen LogP) is 5.54. The van der Waals surface area contributed by atoms with Crippen LogP contribution in [0.4, 0.5) is 23.7 Å². The Hall–Kier alpha value is -2.74. The number of likely N-dealkylation sites (tertiary alicyclic amines) is 1. The van der Waals surface area contributed by atoms with Crippen molar-refractivity contribution < 1.29 is 27.9 Å². The van der Waals surface area contributed by atoms with Crippen LogP contribution in [0.2, 0.25) is 5.02 Å². The molecule has 30 heavy (non-hydrogen) atoms. The number of nitrogens with zero attached hydrogens (tertiary/aromatic N) is 1. The van der Waals surface area contributed by atoms with Crippen molar-refractivity contribution in [2.75, 3.05) is 18.4 Å². The molecule has 0 radical (unpaired) electrons. The fourth-order valence-corrected chi connectivity index (χ4v) is 3.70. The molecule has 1 aliphatic heterocycles. The summed E-state index contributed by atoms with van der Waals surface area (Å²) in [7, 11) is 0. The van der Waals surface area contributed by atoms with Gasteiger partial charge in [0.25, 0.3) is 0 Å². The van der Waals surface area contributed by atoms with Crippen LogP contribution in [0.3, 0.4) is 0 Å². The Morgan fingerprint density at radius 3 is 2.30 bits per heavy atom. The van der Waals surface area contributed by atoms with Crippen molar-refractivity contribution in [3.8, 4) is 0 Å². The zero-order valence-electron chi connectivity index (χ0n) is 15.9. The average Bonchev–Trinajstić information content (AvgIpc) is 2.69. The quantitative estimate of drug-likeness (QED) is 0.655. The summed E-state index contributed by atoms with van der Waals surface area (Å²) in [5.41, 5.74) is 0.317. The van der Waals surface area contributed by atoms with Gasteiger partial charge in [-0.15, -0.1) is 0 Å². The smallest absolute Gasteiger partial charge is 0.417 e. The van der Waals surface area contributed by atoms with E-state index in [-0.39, 0.29) is 11.3 Å². The highest BCUT2D eigenvalue weighted by Crippen LogP contribution is 2.36. The first-order valence-corrected chi connectivity index (χ1v) is 9.76. The predicted molar refractivity (Wildman–Crippen MR) is 107 cm³/mol. The summed E-state index contributed by atoms with van der Waals surface area (Å²) >= 11 is 5.60. The topological polar surface area (TPSA) is 69.6 Å². The van der Waals surface area contributed by atoms with Crippen molar-refractivity contribution in [2.45, 2.75) is 25.4 Å². The number of hydrogen-bond acceptors (Lipinski definition) is 2. The third kappa shape index (κ3) is 5.44. The summed E-state index contributed by atoms with van der Waals surface area (Å²) in [5, 5.41) is 11.0. The molecule has 5 nitrogen and oxygen atoms in total. The molecule has 0 atom stereocenters. The molecule has 9 heteroatoms. The highest BCUT2D eigenvalue weighted by atomic mass is 35.5. The number of hydrogen-bond donors (Lipinski definition) is 2. The van der Waals surface area contributed by atoms with E-state index in [0.717, 1.165) is 37.0 Å². The summed E-state index contributed by atoms with van der Waals surface area (Å²) in [6, 6.07) is 9.55. The Labute approximate surface area is 176 Å². The number of carbonyl (C=O) groups is 2. The van der Waals surface area contributed by atoms with E-state index in [1.54, 1.807) is 29.2 Å². The molecule has 0 bridgehead atoms. The highest BCUT2D eigenvalue weighted by Gasteiger charge is 2.33. The number of amides is 2. The molecule has 0 aliphatic carbocycles. The number of halogens is 4. The first-order chi connectivity index (χ1) is 14.1. The lowest BCUT2D eigenvalue weighted by molar-refractivity contribution is -0.137. The monoisotopic (exact) mass is 440 g/mol. The summed E-state index contributed by atoms with van der Waals surface area (Å²) < 4.78 is 38.9. The molecule has 1 heterocycles. The second-order valence-electron chi connectivity index (χ2n) is 7.26. The first kappa shape index (κ1) is 22.0. The molecule has 0 unspecified atom stereocenters. The van der Waals surface area contributed by atoms with Crippen LogP contribution in [0, 0.1) is 5.92 Å². The summed E-state index contributed by atoms with van der Waals surface area (Å²) in [6.45, 7) is 0.979. The molecule has 3 rings (SSSR count). The Balaban J connectivity index is 1.53. The van der Waals surface area contributed by atoms with Gasteiger partial charge in [-0.2, -0.15) is 13.2 Å². The summed E-state index contributed by atoms with van der Waals surface area (Å²) in [6.07, 6.45) is -2.31. The summed E-state index contributed by atoms with van der Waals surface area (Å²) in [4.78, 5) is 24.9. The number of carbonyl (C=O) groups excluding carboxylic acids is 1. The minimum atomic E-state index is -4.60. The molecule has 0 spiro atoms. The standard InChI is InChI=1S/C21H20ClF3N2O3/c22-18-6-5-16(12-17(18)21(23,24)25)26-20(30)27-9-7-14(8-10-27)11-13-1-3-15(4-2-13)19(28)29/h1-6,12,14H,7-11H2,(H,26,30)(H,28,29). The molecule has 0 aromatic heterocycles. The van der Waals surface area contributed by atoms with Crippen molar-refractivity contribution in [3.63, 3.8) is 0 Å². The lowest BCUT2D eigenvalue weighted by Gasteiger charge is -2.32. The van der Waals surface area contributed by atoms with Crippen LogP contribution in [0.5, 0.6) is 0 Å². The minimum absolute atomic E-state index is 0.0392. The maximum atomic E-state index is 13.0.